The van der Waals surface area contributed by atoms with Crippen LogP contribution in [0.2, 0.25) is 0 Å². The van der Waals surface area contributed by atoms with Gasteiger partial charge in [-0.1, -0.05) is 36.4 Å². The lowest BCUT2D eigenvalue weighted by atomic mass is 10.0. The minimum atomic E-state index is 0.625. The smallest absolute Gasteiger partial charge is 0.223 e. The van der Waals surface area contributed by atoms with Gasteiger partial charge in [-0.25, -0.2) is 19.9 Å². The first-order valence-corrected chi connectivity index (χ1v) is 9.94. The van der Waals surface area contributed by atoms with E-state index in [2.05, 4.69) is 48.0 Å². The number of nitrogens with zero attached hydrogens (tertiary/aromatic N) is 5. The number of hydrogen-bond donors (Lipinski definition) is 2. The van der Waals surface area contributed by atoms with Crippen molar-refractivity contribution in [1.82, 2.24) is 29.5 Å². The van der Waals surface area contributed by atoms with Crippen LogP contribution in [-0.4, -0.2) is 36.0 Å². The Balaban J connectivity index is 1.27. The van der Waals surface area contributed by atoms with E-state index in [0.717, 1.165) is 53.1 Å². The molecule has 2 N–H and O–H groups in total. The molecule has 5 aromatic rings. The molecule has 7 heteroatoms. The Morgan fingerprint density at radius 1 is 0.867 bits per heavy atom. The number of nitrogens with one attached hydrogen (secondary N) is 2. The molecule has 0 amide bonds. The Bertz CT molecular complexity index is 1260. The average molecular weight is 395 g/mol. The normalized spacial score (nSPS) is 11.1. The molecule has 0 spiro atoms. The summed E-state index contributed by atoms with van der Waals surface area (Å²) in [4.78, 5) is 20.9. The molecule has 0 radical (unpaired) electrons. The summed E-state index contributed by atoms with van der Waals surface area (Å²) in [6.45, 7) is 1.66. The number of H-pyrrole nitrogens is 1. The zero-order valence-electron chi connectivity index (χ0n) is 16.4. The van der Waals surface area contributed by atoms with Gasteiger partial charge in [0.25, 0.3) is 0 Å². The molecule has 0 aliphatic heterocycles. The van der Waals surface area contributed by atoms with E-state index in [9.17, 15) is 0 Å². The van der Waals surface area contributed by atoms with Gasteiger partial charge in [0.1, 0.15) is 0 Å². The lowest BCUT2D eigenvalue weighted by molar-refractivity contribution is 0.675. The van der Waals surface area contributed by atoms with Gasteiger partial charge in [0.2, 0.25) is 5.95 Å². The van der Waals surface area contributed by atoms with E-state index in [-0.39, 0.29) is 0 Å². The molecule has 0 unspecified atom stereocenters. The number of benzene rings is 2. The first kappa shape index (κ1) is 18.1. The Labute approximate surface area is 173 Å². The lowest BCUT2D eigenvalue weighted by Gasteiger charge is -2.10. The fraction of sp³-hybridized carbons (Fsp3) is 0.130. The maximum Gasteiger partial charge on any atom is 0.223 e. The number of fused-ring (bicyclic) bond motifs is 1. The molecule has 0 atom stereocenters. The number of aryl methyl sites for hydroxylation is 1. The van der Waals surface area contributed by atoms with Crippen LogP contribution in [0.25, 0.3) is 33.5 Å². The van der Waals surface area contributed by atoms with Gasteiger partial charge in [-0.05, 0) is 24.6 Å². The van der Waals surface area contributed by atoms with Gasteiger partial charge in [-0.2, -0.15) is 0 Å². The Morgan fingerprint density at radius 2 is 1.70 bits per heavy atom. The minimum Gasteiger partial charge on any atom is -0.354 e. The molecular formula is C23H21N7. The molecule has 5 rings (SSSR count). The quantitative estimate of drug-likeness (QED) is 0.399. The molecule has 0 bridgehead atoms. The molecule has 2 aromatic carbocycles. The summed E-state index contributed by atoms with van der Waals surface area (Å²) >= 11 is 0. The summed E-state index contributed by atoms with van der Waals surface area (Å²) in [6, 6.07) is 18.2. The second-order valence-electron chi connectivity index (χ2n) is 6.97. The van der Waals surface area contributed by atoms with Crippen LogP contribution in [0.3, 0.4) is 0 Å². The van der Waals surface area contributed by atoms with Crippen molar-refractivity contribution in [3.63, 3.8) is 0 Å². The standard InChI is InChI=1S/C23H21N7/c1-2-7-18(21-14-24-15-27-21)17(6-1)19-10-12-26-23(29-19)25-11-5-13-30-16-28-20-8-3-4-9-22(20)30/h1-4,6-10,12,14-16H,5,11,13H2,(H,24,27)(H,25,26,29). The number of para-hydroxylation sites is 2. The van der Waals surface area contributed by atoms with Crippen molar-refractivity contribution < 1.29 is 0 Å². The van der Waals surface area contributed by atoms with Gasteiger partial charge in [-0.15, -0.1) is 0 Å². The molecule has 3 heterocycles. The number of rotatable bonds is 7. The number of aromatic nitrogens is 6. The second-order valence-corrected chi connectivity index (χ2v) is 6.97. The zero-order valence-corrected chi connectivity index (χ0v) is 16.4. The van der Waals surface area contributed by atoms with Crippen molar-refractivity contribution in [2.75, 3.05) is 11.9 Å². The third-order valence-electron chi connectivity index (χ3n) is 5.02. The maximum absolute atomic E-state index is 4.72. The summed E-state index contributed by atoms with van der Waals surface area (Å²) in [5.41, 5.74) is 6.01. The number of aromatic amines is 1. The molecule has 0 fully saturated rings. The van der Waals surface area contributed by atoms with Crippen molar-refractivity contribution in [3.05, 3.63) is 79.6 Å². The fourth-order valence-electron chi connectivity index (χ4n) is 3.57. The van der Waals surface area contributed by atoms with E-state index >= 15 is 0 Å². The Hall–Kier alpha value is -4.00. The molecule has 30 heavy (non-hydrogen) atoms. The molecule has 7 nitrogen and oxygen atoms in total. The van der Waals surface area contributed by atoms with E-state index < -0.39 is 0 Å². The predicted octanol–water partition coefficient (Wildman–Crippen LogP) is 4.39. The van der Waals surface area contributed by atoms with E-state index in [1.807, 2.05) is 48.9 Å². The van der Waals surface area contributed by atoms with Crippen LogP contribution in [0.4, 0.5) is 5.95 Å². The van der Waals surface area contributed by atoms with Gasteiger partial charge in [0.05, 0.1) is 35.1 Å². The average Bonchev–Trinajstić information content (AvgIpc) is 3.48. The SMILES string of the molecule is c1ccc(-c2ccnc(NCCCn3cnc4ccccc43)n2)c(-c2c[nH]cn2)c1. The maximum atomic E-state index is 4.72. The van der Waals surface area contributed by atoms with Crippen LogP contribution in [0.1, 0.15) is 6.42 Å². The highest BCUT2D eigenvalue weighted by Gasteiger charge is 2.10. The third-order valence-corrected chi connectivity index (χ3v) is 5.02. The number of imidazole rings is 2. The van der Waals surface area contributed by atoms with Crippen LogP contribution >= 0.6 is 0 Å². The van der Waals surface area contributed by atoms with E-state index in [1.165, 1.54) is 0 Å². The molecule has 0 aliphatic rings. The van der Waals surface area contributed by atoms with Gasteiger partial charge >= 0.3 is 0 Å². The summed E-state index contributed by atoms with van der Waals surface area (Å²) in [6.07, 6.45) is 8.20. The van der Waals surface area contributed by atoms with Crippen LogP contribution < -0.4 is 5.32 Å². The zero-order chi connectivity index (χ0) is 20.2. The van der Waals surface area contributed by atoms with Crippen molar-refractivity contribution in [3.8, 4) is 22.5 Å². The molecule has 148 valence electrons. The third kappa shape index (κ3) is 3.65. The molecular weight excluding hydrogens is 374 g/mol. The van der Waals surface area contributed by atoms with Crippen LogP contribution in [0.15, 0.2) is 79.6 Å². The van der Waals surface area contributed by atoms with Gasteiger partial charge in [-0.3, -0.25) is 0 Å². The minimum absolute atomic E-state index is 0.625. The first-order chi connectivity index (χ1) is 14.9. The highest BCUT2D eigenvalue weighted by atomic mass is 15.1. The largest absolute Gasteiger partial charge is 0.354 e. The lowest BCUT2D eigenvalue weighted by Crippen LogP contribution is -2.08. The van der Waals surface area contributed by atoms with Gasteiger partial charge in [0.15, 0.2) is 0 Å². The van der Waals surface area contributed by atoms with Crippen molar-refractivity contribution in [2.45, 2.75) is 13.0 Å². The molecule has 0 saturated heterocycles. The van der Waals surface area contributed by atoms with Gasteiger partial charge in [0, 0.05) is 36.6 Å². The Kier molecular flexibility index (Phi) is 4.91. The second kappa shape index (κ2) is 8.16. The monoisotopic (exact) mass is 395 g/mol. The van der Waals surface area contributed by atoms with Crippen LogP contribution in [0, 0.1) is 0 Å². The van der Waals surface area contributed by atoms with E-state index in [4.69, 9.17) is 4.98 Å². The predicted molar refractivity (Wildman–Crippen MR) is 118 cm³/mol. The van der Waals surface area contributed by atoms with Crippen molar-refractivity contribution >= 4 is 17.0 Å². The Morgan fingerprint density at radius 3 is 2.57 bits per heavy atom. The summed E-state index contributed by atoms with van der Waals surface area (Å²) in [5.74, 6) is 0.625. The van der Waals surface area contributed by atoms with E-state index in [0.29, 0.717) is 5.95 Å². The summed E-state index contributed by atoms with van der Waals surface area (Å²) in [7, 11) is 0. The van der Waals surface area contributed by atoms with Crippen LogP contribution in [-0.2, 0) is 6.54 Å². The van der Waals surface area contributed by atoms with Gasteiger partial charge < -0.3 is 14.9 Å². The highest BCUT2D eigenvalue weighted by molar-refractivity contribution is 5.80. The fourth-order valence-corrected chi connectivity index (χ4v) is 3.57. The molecule has 3 aromatic heterocycles. The molecule has 0 saturated carbocycles. The highest BCUT2D eigenvalue weighted by Crippen LogP contribution is 2.29. The first-order valence-electron chi connectivity index (χ1n) is 9.94. The summed E-state index contributed by atoms with van der Waals surface area (Å²) < 4.78 is 2.18. The molecule has 0 aliphatic carbocycles. The summed E-state index contributed by atoms with van der Waals surface area (Å²) in [5, 5.41) is 3.34. The van der Waals surface area contributed by atoms with Crippen molar-refractivity contribution in [1.29, 1.82) is 0 Å². The van der Waals surface area contributed by atoms with Crippen LogP contribution in [0.5, 0.6) is 0 Å². The number of anilines is 1. The van der Waals surface area contributed by atoms with Crippen molar-refractivity contribution in [2.24, 2.45) is 0 Å². The number of hydrogen-bond acceptors (Lipinski definition) is 5. The van der Waals surface area contributed by atoms with E-state index in [1.54, 1.807) is 12.5 Å². The topological polar surface area (TPSA) is 84.3 Å².